The number of nitrogens with zero attached hydrogens (tertiary/aromatic N) is 5. The first kappa shape index (κ1) is 20.0. The standard InChI is InChI=1S/C24H19F2N5O2/c1-23(2)13-6-7-24(23,19-11-27-10-18(28-19)16-9-20(32)33-31-16)22-12(13)8-17(29-30-22)21-14(25)4-3-5-15(21)26/h3-5,8,10-11,13H,6-7,9H2,1-2H3/t13-,24-/m0/s1. The Labute approximate surface area is 187 Å². The molecule has 7 nitrogen and oxygen atoms in total. The first-order valence-electron chi connectivity index (χ1n) is 10.7. The van der Waals surface area contributed by atoms with Crippen molar-refractivity contribution in [2.45, 2.75) is 44.4 Å². The van der Waals surface area contributed by atoms with E-state index in [0.29, 0.717) is 17.1 Å². The van der Waals surface area contributed by atoms with Gasteiger partial charge in [-0.3, -0.25) is 4.98 Å². The molecule has 2 atom stereocenters. The summed E-state index contributed by atoms with van der Waals surface area (Å²) in [4.78, 5) is 25.4. The number of carbonyl (C=O) groups is 1. The highest BCUT2D eigenvalue weighted by atomic mass is 19.1. The average Bonchev–Trinajstić information content (AvgIpc) is 3.40. The summed E-state index contributed by atoms with van der Waals surface area (Å²) in [6.45, 7) is 4.31. The lowest BCUT2D eigenvalue weighted by Gasteiger charge is -2.37. The van der Waals surface area contributed by atoms with Gasteiger partial charge in [-0.1, -0.05) is 25.1 Å². The molecule has 3 heterocycles. The maximum absolute atomic E-state index is 14.4. The largest absolute Gasteiger partial charge is 0.341 e. The molecule has 166 valence electrons. The number of aromatic nitrogens is 4. The molecule has 2 aromatic heterocycles. The van der Waals surface area contributed by atoms with Crippen molar-refractivity contribution in [2.75, 3.05) is 0 Å². The van der Waals surface area contributed by atoms with Gasteiger partial charge in [0.15, 0.2) is 0 Å². The van der Waals surface area contributed by atoms with Crippen molar-refractivity contribution in [3.8, 4) is 11.3 Å². The molecule has 0 N–H and O–H groups in total. The molecule has 1 aromatic carbocycles. The third kappa shape index (κ3) is 2.59. The smallest absolute Gasteiger partial charge is 0.317 e. The van der Waals surface area contributed by atoms with Crippen LogP contribution in [0.2, 0.25) is 0 Å². The zero-order chi connectivity index (χ0) is 23.0. The van der Waals surface area contributed by atoms with Gasteiger partial charge in [0.2, 0.25) is 0 Å². The van der Waals surface area contributed by atoms with Gasteiger partial charge in [-0.05, 0) is 47.9 Å². The predicted octanol–water partition coefficient (Wildman–Crippen LogP) is 4.07. The van der Waals surface area contributed by atoms with Gasteiger partial charge in [-0.15, -0.1) is 5.10 Å². The summed E-state index contributed by atoms with van der Waals surface area (Å²) in [5.74, 6) is -1.65. The van der Waals surface area contributed by atoms with Crippen LogP contribution in [-0.4, -0.2) is 31.8 Å². The van der Waals surface area contributed by atoms with E-state index in [0.717, 1.165) is 24.1 Å². The summed E-state index contributed by atoms with van der Waals surface area (Å²) in [5, 5.41) is 12.6. The number of fused-ring (bicyclic) bond motifs is 5. The van der Waals surface area contributed by atoms with Crippen LogP contribution in [0.25, 0.3) is 11.3 Å². The van der Waals surface area contributed by atoms with E-state index in [9.17, 15) is 13.6 Å². The Morgan fingerprint density at radius 3 is 2.61 bits per heavy atom. The minimum atomic E-state index is -0.672. The lowest BCUT2D eigenvalue weighted by Crippen LogP contribution is -2.38. The molecule has 0 spiro atoms. The Morgan fingerprint density at radius 1 is 1.09 bits per heavy atom. The summed E-state index contributed by atoms with van der Waals surface area (Å²) in [6, 6.07) is 5.52. The molecule has 0 unspecified atom stereocenters. The van der Waals surface area contributed by atoms with Gasteiger partial charge in [0.25, 0.3) is 0 Å². The molecule has 3 aliphatic rings. The SMILES string of the molecule is CC1(C)[C@H]2CC[C@]1(c1cncc(C3=NOC(=O)C3)n1)c1nnc(-c3c(F)cccc3F)cc12. The molecule has 9 heteroatoms. The van der Waals surface area contributed by atoms with Crippen molar-refractivity contribution in [2.24, 2.45) is 10.6 Å². The molecule has 2 aliphatic carbocycles. The number of hydrogen-bond acceptors (Lipinski definition) is 7. The number of hydrogen-bond donors (Lipinski definition) is 0. The van der Waals surface area contributed by atoms with E-state index in [-0.39, 0.29) is 29.0 Å². The maximum atomic E-state index is 14.4. The van der Waals surface area contributed by atoms with Gasteiger partial charge in [-0.25, -0.2) is 18.6 Å². The molecule has 6 rings (SSSR count). The molecule has 1 saturated carbocycles. The highest BCUT2D eigenvalue weighted by Crippen LogP contribution is 2.69. The Kier molecular flexibility index (Phi) is 4.06. The van der Waals surface area contributed by atoms with Gasteiger partial charge in [-0.2, -0.15) is 5.10 Å². The number of carbonyl (C=O) groups excluding carboxylic acids is 1. The Hall–Kier alpha value is -3.62. The highest BCUT2D eigenvalue weighted by molar-refractivity contribution is 6.10. The van der Waals surface area contributed by atoms with Crippen LogP contribution in [0.1, 0.15) is 61.7 Å². The first-order valence-corrected chi connectivity index (χ1v) is 10.7. The quantitative estimate of drug-likeness (QED) is 0.563. The fraction of sp³-hybridized carbons (Fsp3) is 0.333. The third-order valence-electron chi connectivity index (χ3n) is 7.54. The van der Waals surface area contributed by atoms with Gasteiger partial charge >= 0.3 is 5.97 Å². The lowest BCUT2D eigenvalue weighted by molar-refractivity contribution is -0.140. The average molecular weight is 447 g/mol. The zero-order valence-corrected chi connectivity index (χ0v) is 18.0. The molecule has 33 heavy (non-hydrogen) atoms. The normalized spacial score (nSPS) is 24.5. The van der Waals surface area contributed by atoms with Crippen LogP contribution >= 0.6 is 0 Å². The monoisotopic (exact) mass is 447 g/mol. The molecule has 0 radical (unpaired) electrons. The topological polar surface area (TPSA) is 90.2 Å². The second-order valence-electron chi connectivity index (χ2n) is 9.32. The van der Waals surface area contributed by atoms with Crippen LogP contribution in [-0.2, 0) is 15.0 Å². The minimum Gasteiger partial charge on any atom is -0.317 e. The number of oxime groups is 1. The summed E-state index contributed by atoms with van der Waals surface area (Å²) in [6.07, 6.45) is 4.99. The summed E-state index contributed by atoms with van der Waals surface area (Å²) < 4.78 is 28.8. The molecule has 0 saturated heterocycles. The predicted molar refractivity (Wildman–Crippen MR) is 113 cm³/mol. The van der Waals surface area contributed by atoms with Gasteiger partial charge in [0, 0.05) is 6.20 Å². The Balaban J connectivity index is 1.51. The van der Waals surface area contributed by atoms with Crippen LogP contribution in [0.5, 0.6) is 0 Å². The summed E-state index contributed by atoms with van der Waals surface area (Å²) in [7, 11) is 0. The van der Waals surface area contributed by atoms with E-state index >= 15 is 0 Å². The highest BCUT2D eigenvalue weighted by Gasteiger charge is 2.65. The van der Waals surface area contributed by atoms with Crippen molar-refractivity contribution in [1.29, 1.82) is 0 Å². The van der Waals surface area contributed by atoms with E-state index in [1.165, 1.54) is 18.2 Å². The molecule has 3 aromatic rings. The van der Waals surface area contributed by atoms with Crippen LogP contribution in [0.4, 0.5) is 8.78 Å². The van der Waals surface area contributed by atoms with E-state index < -0.39 is 23.0 Å². The van der Waals surface area contributed by atoms with Crippen molar-refractivity contribution in [1.82, 2.24) is 20.2 Å². The third-order valence-corrected chi connectivity index (χ3v) is 7.54. The van der Waals surface area contributed by atoms with Crippen molar-refractivity contribution < 1.29 is 18.4 Å². The van der Waals surface area contributed by atoms with Crippen molar-refractivity contribution in [3.05, 3.63) is 70.9 Å². The number of rotatable bonds is 3. The number of benzene rings is 1. The molecule has 2 bridgehead atoms. The van der Waals surface area contributed by atoms with Gasteiger partial charge in [0.05, 0.1) is 40.7 Å². The van der Waals surface area contributed by atoms with Crippen LogP contribution in [0, 0.1) is 17.0 Å². The molecule has 1 fully saturated rings. The maximum Gasteiger partial charge on any atom is 0.341 e. The second kappa shape index (κ2) is 6.69. The van der Waals surface area contributed by atoms with E-state index in [1.807, 2.05) is 0 Å². The van der Waals surface area contributed by atoms with E-state index in [2.05, 4.69) is 34.2 Å². The summed E-state index contributed by atoms with van der Waals surface area (Å²) >= 11 is 0. The second-order valence-corrected chi connectivity index (χ2v) is 9.32. The van der Waals surface area contributed by atoms with Crippen LogP contribution < -0.4 is 0 Å². The Bertz CT molecular complexity index is 1350. The summed E-state index contributed by atoms with van der Waals surface area (Å²) in [5.41, 5.74) is 2.48. The minimum absolute atomic E-state index is 0.0467. The number of halogens is 2. The molecule has 1 aliphatic heterocycles. The van der Waals surface area contributed by atoms with Crippen LogP contribution in [0.15, 0.2) is 41.8 Å². The zero-order valence-electron chi connectivity index (χ0n) is 18.0. The van der Waals surface area contributed by atoms with E-state index in [4.69, 9.17) is 9.82 Å². The van der Waals surface area contributed by atoms with Crippen molar-refractivity contribution in [3.63, 3.8) is 0 Å². The van der Waals surface area contributed by atoms with Crippen molar-refractivity contribution >= 4 is 11.7 Å². The molecular formula is C24H19F2N5O2. The molecule has 0 amide bonds. The Morgan fingerprint density at radius 2 is 1.88 bits per heavy atom. The molecular weight excluding hydrogens is 428 g/mol. The fourth-order valence-corrected chi connectivity index (χ4v) is 5.91. The lowest BCUT2D eigenvalue weighted by atomic mass is 9.66. The fourth-order valence-electron chi connectivity index (χ4n) is 5.91. The first-order chi connectivity index (χ1) is 15.8. The van der Waals surface area contributed by atoms with Gasteiger partial charge in [0.1, 0.15) is 23.0 Å². The van der Waals surface area contributed by atoms with Gasteiger partial charge < -0.3 is 4.84 Å². The van der Waals surface area contributed by atoms with E-state index in [1.54, 1.807) is 18.5 Å². The van der Waals surface area contributed by atoms with Crippen LogP contribution in [0.3, 0.4) is 0 Å².